The fraction of sp³-hybridized carbons (Fsp3) is 0.438. The van der Waals surface area contributed by atoms with E-state index >= 15 is 0 Å². The number of aromatic hydroxyl groups is 1. The molecule has 1 aromatic carbocycles. The molecule has 2 spiro atoms. The summed E-state index contributed by atoms with van der Waals surface area (Å²) < 4.78 is 5.10. The molecule has 6 rings (SSSR count). The van der Waals surface area contributed by atoms with Gasteiger partial charge in [-0.25, -0.2) is 4.79 Å². The Kier molecular flexibility index (Phi) is 7.32. The minimum absolute atomic E-state index is 0.135. The van der Waals surface area contributed by atoms with E-state index in [1.807, 2.05) is 0 Å². The van der Waals surface area contributed by atoms with Crippen molar-refractivity contribution < 1.29 is 54.2 Å². The van der Waals surface area contributed by atoms with Crippen LogP contribution < -0.4 is 16.4 Å². The predicted octanol–water partition coefficient (Wildman–Crippen LogP) is 0.356. The summed E-state index contributed by atoms with van der Waals surface area (Å²) in [6.45, 7) is 10.8. The van der Waals surface area contributed by atoms with Crippen molar-refractivity contribution in [2.75, 3.05) is 18.5 Å². The van der Waals surface area contributed by atoms with Crippen molar-refractivity contribution in [2.24, 2.45) is 21.0 Å². The van der Waals surface area contributed by atoms with Crippen LogP contribution in [0.2, 0.25) is 0 Å². The number of benzene rings is 1. The molecule has 18 nitrogen and oxygen atoms in total. The zero-order valence-electron chi connectivity index (χ0n) is 27.6. The number of phenolic OH excluding ortho intramolecular Hbond substituents is 1. The lowest BCUT2D eigenvalue weighted by Crippen LogP contribution is -2.86. The summed E-state index contributed by atoms with van der Waals surface area (Å²) in [5.74, 6) is -9.33. The SMILES string of the molecule is C=C(C)N1CN=N[C@]23[C@H]1C(=O)C(C(N)=O)=C(O)[C@@]2(O)C(=O)C1=C(O)c2c(ccc(NC(=O)CNC(=O)OC(C)(C)C)c2O)[C@@H]2C(C)=N[C@]12[C@@H]3O. The number of allylic oxidation sites excluding steroid dienone is 1. The van der Waals surface area contributed by atoms with E-state index in [1.54, 1.807) is 27.7 Å². The standard InChI is InChI=1S/C32H35N7O11/c1-11(2)39-10-35-38-31-23(39)22(43)17(26(33)46)24(44)32(31,49)25(45)19-21(42)16-13(18-12(3)37-30(18,19)27(31)47)7-8-14(20(16)41)36-15(40)9-34-28(48)50-29(4,5)6/h7-8,18,23,27,41-42,44,47,49H,1,9-10H2,2-6H3,(H2,33,46)(H,34,48)(H,36,40)/t18-,23+,27-,30-,31-,32+/m0/s1. The number of carbonyl (C=O) groups is 5. The van der Waals surface area contributed by atoms with Crippen LogP contribution in [-0.2, 0) is 23.9 Å². The van der Waals surface area contributed by atoms with Crippen LogP contribution in [0.1, 0.15) is 51.7 Å². The van der Waals surface area contributed by atoms with E-state index in [9.17, 15) is 49.5 Å². The van der Waals surface area contributed by atoms with Crippen molar-refractivity contribution in [1.29, 1.82) is 0 Å². The zero-order chi connectivity index (χ0) is 37.0. The van der Waals surface area contributed by atoms with Gasteiger partial charge in [-0.05, 0) is 46.2 Å². The number of aliphatic imine (C=N–C) groups is 1. The molecule has 1 aromatic rings. The second-order valence-corrected chi connectivity index (χ2v) is 13.8. The smallest absolute Gasteiger partial charge is 0.408 e. The Bertz CT molecular complexity index is 1980. The number of Topliss-reactive ketones (excluding diaryl/α,β-unsaturated/α-hetero) is 2. The maximum Gasteiger partial charge on any atom is 0.408 e. The molecule has 264 valence electrons. The molecule has 50 heavy (non-hydrogen) atoms. The molecule has 1 fully saturated rings. The first-order chi connectivity index (χ1) is 23.2. The lowest BCUT2D eigenvalue weighted by atomic mass is 9.45. The van der Waals surface area contributed by atoms with Crippen LogP contribution in [0.25, 0.3) is 5.76 Å². The van der Waals surface area contributed by atoms with Gasteiger partial charge in [0.15, 0.2) is 17.1 Å². The largest absolute Gasteiger partial charge is 0.508 e. The van der Waals surface area contributed by atoms with E-state index in [0.29, 0.717) is 5.71 Å². The molecule has 3 amide bonds. The van der Waals surface area contributed by atoms with Crippen molar-refractivity contribution in [3.63, 3.8) is 0 Å². The van der Waals surface area contributed by atoms with Crippen molar-refractivity contribution in [3.05, 3.63) is 52.4 Å². The Labute approximate surface area is 283 Å². The maximum absolute atomic E-state index is 14.8. The van der Waals surface area contributed by atoms with Crippen LogP contribution in [0, 0.1) is 0 Å². The minimum Gasteiger partial charge on any atom is -0.508 e. The van der Waals surface area contributed by atoms with Crippen molar-refractivity contribution in [3.8, 4) is 5.75 Å². The van der Waals surface area contributed by atoms with Crippen LogP contribution in [0.3, 0.4) is 0 Å². The predicted molar refractivity (Wildman–Crippen MR) is 172 cm³/mol. The van der Waals surface area contributed by atoms with Gasteiger partial charge in [0, 0.05) is 11.4 Å². The first-order valence-electron chi connectivity index (χ1n) is 15.3. The Morgan fingerprint density at radius 1 is 1.18 bits per heavy atom. The molecule has 2 aliphatic heterocycles. The summed E-state index contributed by atoms with van der Waals surface area (Å²) in [4.78, 5) is 71.6. The molecular weight excluding hydrogens is 658 g/mol. The number of fused-ring (bicyclic) bond motifs is 2. The molecule has 18 heteroatoms. The summed E-state index contributed by atoms with van der Waals surface area (Å²) in [6.07, 6.45) is -3.08. The summed E-state index contributed by atoms with van der Waals surface area (Å²) in [5.41, 5.74) is -5.68. The van der Waals surface area contributed by atoms with Gasteiger partial charge in [-0.15, -0.1) is 0 Å². The minimum atomic E-state index is -3.43. The highest BCUT2D eigenvalue weighted by atomic mass is 16.6. The quantitative estimate of drug-likeness (QED) is 0.153. The highest BCUT2D eigenvalue weighted by molar-refractivity contribution is 6.27. The number of phenols is 1. The highest BCUT2D eigenvalue weighted by Crippen LogP contribution is 2.66. The van der Waals surface area contributed by atoms with Gasteiger partial charge in [0.2, 0.25) is 17.3 Å². The molecule has 5 aliphatic rings. The molecule has 0 aromatic heterocycles. The molecule has 9 N–H and O–H groups in total. The van der Waals surface area contributed by atoms with Gasteiger partial charge in [0.05, 0.1) is 22.7 Å². The third-order valence-electron chi connectivity index (χ3n) is 9.64. The van der Waals surface area contributed by atoms with Crippen LogP contribution in [0.4, 0.5) is 10.5 Å². The van der Waals surface area contributed by atoms with Gasteiger partial charge in [-0.3, -0.25) is 24.2 Å². The topological polar surface area (TPSA) is 286 Å². The number of nitrogens with zero attached hydrogens (tertiary/aromatic N) is 4. The molecule has 0 saturated heterocycles. The van der Waals surface area contributed by atoms with E-state index in [4.69, 9.17) is 10.5 Å². The molecule has 0 bridgehead atoms. The number of aliphatic hydroxyl groups excluding tert-OH is 3. The van der Waals surface area contributed by atoms with Crippen molar-refractivity contribution in [2.45, 2.75) is 75.0 Å². The molecule has 0 radical (unpaired) electrons. The average molecular weight is 694 g/mol. The number of nitrogens with two attached hydrogens (primary N) is 1. The molecule has 3 aliphatic carbocycles. The average Bonchev–Trinajstić information content (AvgIpc) is 3.00. The monoisotopic (exact) mass is 693 g/mol. The first-order valence-corrected chi connectivity index (χ1v) is 15.3. The lowest BCUT2D eigenvalue weighted by Gasteiger charge is -2.65. The number of nitrogens with one attached hydrogen (secondary N) is 2. The Balaban J connectivity index is 1.52. The Hall–Kier alpha value is -5.62. The van der Waals surface area contributed by atoms with E-state index < -0.39 is 105 Å². The lowest BCUT2D eigenvalue weighted by molar-refractivity contribution is -0.183. The second kappa shape index (κ2) is 10.7. The number of hydrogen-bond donors (Lipinski definition) is 8. The number of azo groups is 1. The van der Waals surface area contributed by atoms with Gasteiger partial charge in [-0.2, -0.15) is 10.2 Å². The number of hydrogen-bond acceptors (Lipinski definition) is 15. The van der Waals surface area contributed by atoms with Crippen LogP contribution in [0.15, 0.2) is 56.5 Å². The Morgan fingerprint density at radius 3 is 2.42 bits per heavy atom. The maximum atomic E-state index is 14.8. The Morgan fingerprint density at radius 2 is 1.84 bits per heavy atom. The number of rotatable bonds is 5. The van der Waals surface area contributed by atoms with E-state index in [-0.39, 0.29) is 29.2 Å². The summed E-state index contributed by atoms with van der Waals surface area (Å²) in [6, 6.07) is 0.830. The van der Waals surface area contributed by atoms with Gasteiger partial charge >= 0.3 is 6.09 Å². The number of carbonyl (C=O) groups excluding carboxylic acids is 5. The number of aliphatic hydroxyl groups is 4. The first kappa shape index (κ1) is 34.3. The van der Waals surface area contributed by atoms with E-state index in [1.165, 1.54) is 24.0 Å². The summed E-state index contributed by atoms with van der Waals surface area (Å²) in [7, 11) is 0. The zero-order valence-corrected chi connectivity index (χ0v) is 27.6. The molecule has 0 unspecified atom stereocenters. The number of alkyl carbamates (subject to hydrolysis) is 1. The normalized spacial score (nSPS) is 30.9. The van der Waals surface area contributed by atoms with Gasteiger partial charge in [-0.1, -0.05) is 12.6 Å². The van der Waals surface area contributed by atoms with E-state index in [0.717, 1.165) is 0 Å². The van der Waals surface area contributed by atoms with Crippen LogP contribution >= 0.6 is 0 Å². The number of primary amides is 1. The molecule has 1 saturated carbocycles. The van der Waals surface area contributed by atoms with Gasteiger partial charge in [0.1, 0.15) is 53.6 Å². The number of ketones is 2. The van der Waals surface area contributed by atoms with Gasteiger partial charge in [0.25, 0.3) is 5.91 Å². The molecule has 6 atom stereocenters. The molecule has 2 heterocycles. The summed E-state index contributed by atoms with van der Waals surface area (Å²) >= 11 is 0. The van der Waals surface area contributed by atoms with Crippen molar-refractivity contribution >= 4 is 46.6 Å². The van der Waals surface area contributed by atoms with Crippen LogP contribution in [0.5, 0.6) is 5.75 Å². The second-order valence-electron chi connectivity index (χ2n) is 13.8. The van der Waals surface area contributed by atoms with E-state index in [2.05, 4.69) is 32.4 Å². The third kappa shape index (κ3) is 4.14. The third-order valence-corrected chi connectivity index (χ3v) is 9.64. The van der Waals surface area contributed by atoms with Crippen molar-refractivity contribution in [1.82, 2.24) is 10.2 Å². The number of amides is 3. The van der Waals surface area contributed by atoms with Gasteiger partial charge < -0.3 is 51.5 Å². The van der Waals surface area contributed by atoms with Crippen LogP contribution in [-0.4, -0.2) is 113 Å². The number of anilines is 1. The fourth-order valence-corrected chi connectivity index (χ4v) is 7.77. The highest BCUT2D eigenvalue weighted by Gasteiger charge is 2.84. The summed E-state index contributed by atoms with van der Waals surface area (Å²) in [5, 5.41) is 72.2. The number of ether oxygens (including phenoxy) is 1. The fourth-order valence-electron chi connectivity index (χ4n) is 7.77. The molecular formula is C32H35N7O11.